The summed E-state index contributed by atoms with van der Waals surface area (Å²) in [4.78, 5) is 0. The first-order chi connectivity index (χ1) is 8.34. The van der Waals surface area contributed by atoms with Crippen molar-refractivity contribution in [1.82, 2.24) is 9.78 Å². The molecule has 3 rings (SSSR count). The maximum Gasteiger partial charge on any atom is 0.0797 e. The van der Waals surface area contributed by atoms with Gasteiger partial charge in [0.1, 0.15) is 0 Å². The van der Waals surface area contributed by atoms with Crippen LogP contribution in [-0.2, 0) is 0 Å². The minimum absolute atomic E-state index is 0.349. The van der Waals surface area contributed by atoms with Crippen molar-refractivity contribution in [3.8, 4) is 0 Å². The number of nitrogens with zero attached hydrogens (tertiary/aromatic N) is 2. The fourth-order valence-electron chi connectivity index (χ4n) is 2.55. The monoisotopic (exact) mass is 227 g/mol. The molecule has 1 saturated carbocycles. The first-order valence-electron chi connectivity index (χ1n) is 6.19. The Morgan fingerprint density at radius 1 is 1.24 bits per heavy atom. The summed E-state index contributed by atoms with van der Waals surface area (Å²) in [6.07, 6.45) is 7.59. The van der Waals surface area contributed by atoms with Gasteiger partial charge < -0.3 is 5.73 Å². The standard InChI is InChI=1S/C14H17N3/c15-13-9-16-17(10-13)14(12-7-4-8-12)11-5-2-1-3-6-11/h1-3,5-6,9-10,12,14H,4,7-8,15H2. The van der Waals surface area contributed by atoms with E-state index in [0.717, 1.165) is 5.69 Å². The second-order valence-electron chi connectivity index (χ2n) is 4.80. The lowest BCUT2D eigenvalue weighted by Gasteiger charge is -2.34. The zero-order chi connectivity index (χ0) is 11.7. The SMILES string of the molecule is Nc1cnn(C(c2ccccc2)C2CCC2)c1. The third kappa shape index (κ3) is 1.93. The summed E-state index contributed by atoms with van der Waals surface area (Å²) in [7, 11) is 0. The highest BCUT2D eigenvalue weighted by atomic mass is 15.3. The maximum absolute atomic E-state index is 5.77. The Hall–Kier alpha value is -1.77. The van der Waals surface area contributed by atoms with Crippen LogP contribution in [0.5, 0.6) is 0 Å². The lowest BCUT2D eigenvalue weighted by Crippen LogP contribution is -2.26. The van der Waals surface area contributed by atoms with E-state index < -0.39 is 0 Å². The molecule has 1 fully saturated rings. The highest BCUT2D eigenvalue weighted by Crippen LogP contribution is 2.39. The molecular formula is C14H17N3. The molecule has 1 heterocycles. The Kier molecular flexibility index (Phi) is 2.59. The smallest absolute Gasteiger partial charge is 0.0797 e. The quantitative estimate of drug-likeness (QED) is 0.876. The molecule has 2 N–H and O–H groups in total. The summed E-state index contributed by atoms with van der Waals surface area (Å²) < 4.78 is 2.02. The first kappa shape index (κ1) is 10.4. The second kappa shape index (κ2) is 4.24. The minimum atomic E-state index is 0.349. The molecule has 1 aliphatic carbocycles. The van der Waals surface area contributed by atoms with E-state index in [9.17, 15) is 0 Å². The van der Waals surface area contributed by atoms with E-state index in [1.54, 1.807) is 6.20 Å². The number of rotatable bonds is 3. The number of anilines is 1. The van der Waals surface area contributed by atoms with Gasteiger partial charge in [-0.3, -0.25) is 4.68 Å². The highest BCUT2D eigenvalue weighted by Gasteiger charge is 2.30. The van der Waals surface area contributed by atoms with Gasteiger partial charge in [-0.25, -0.2) is 0 Å². The van der Waals surface area contributed by atoms with Crippen LogP contribution in [0.25, 0.3) is 0 Å². The van der Waals surface area contributed by atoms with Crippen LogP contribution in [-0.4, -0.2) is 9.78 Å². The van der Waals surface area contributed by atoms with Gasteiger partial charge in [0.15, 0.2) is 0 Å². The number of benzene rings is 1. The molecule has 3 nitrogen and oxygen atoms in total. The van der Waals surface area contributed by atoms with Crippen molar-refractivity contribution < 1.29 is 0 Å². The molecule has 2 aromatic rings. The number of hydrogen-bond acceptors (Lipinski definition) is 2. The Morgan fingerprint density at radius 3 is 2.53 bits per heavy atom. The van der Waals surface area contributed by atoms with E-state index in [1.807, 2.05) is 10.9 Å². The molecule has 1 unspecified atom stereocenters. The summed E-state index contributed by atoms with van der Waals surface area (Å²) in [5.74, 6) is 0.705. The summed E-state index contributed by atoms with van der Waals surface area (Å²) in [5.41, 5.74) is 7.85. The van der Waals surface area contributed by atoms with E-state index in [-0.39, 0.29) is 0 Å². The van der Waals surface area contributed by atoms with Crippen LogP contribution in [0.4, 0.5) is 5.69 Å². The lowest BCUT2D eigenvalue weighted by atomic mass is 9.77. The molecule has 1 aromatic carbocycles. The fraction of sp³-hybridized carbons (Fsp3) is 0.357. The summed E-state index contributed by atoms with van der Waals surface area (Å²) in [6.45, 7) is 0. The third-order valence-corrected chi connectivity index (χ3v) is 3.64. The van der Waals surface area contributed by atoms with Crippen LogP contribution < -0.4 is 5.73 Å². The normalized spacial score (nSPS) is 17.6. The van der Waals surface area contributed by atoms with E-state index in [0.29, 0.717) is 12.0 Å². The number of nitrogen functional groups attached to an aromatic ring is 1. The van der Waals surface area contributed by atoms with Crippen molar-refractivity contribution in [1.29, 1.82) is 0 Å². The number of hydrogen-bond donors (Lipinski definition) is 1. The van der Waals surface area contributed by atoms with Gasteiger partial charge in [0.25, 0.3) is 0 Å². The van der Waals surface area contributed by atoms with Crippen molar-refractivity contribution in [2.45, 2.75) is 25.3 Å². The van der Waals surface area contributed by atoms with Crippen molar-refractivity contribution >= 4 is 5.69 Å². The van der Waals surface area contributed by atoms with Gasteiger partial charge in [0.05, 0.1) is 17.9 Å². The Labute approximate surface area is 101 Å². The van der Waals surface area contributed by atoms with E-state index in [1.165, 1.54) is 24.8 Å². The first-order valence-corrected chi connectivity index (χ1v) is 6.19. The molecule has 0 bridgehead atoms. The molecule has 0 spiro atoms. The molecule has 0 radical (unpaired) electrons. The molecule has 3 heteroatoms. The van der Waals surface area contributed by atoms with Crippen molar-refractivity contribution in [3.05, 3.63) is 48.3 Å². The molecule has 0 amide bonds. The van der Waals surface area contributed by atoms with Crippen LogP contribution in [0, 0.1) is 5.92 Å². The molecule has 1 atom stereocenters. The molecule has 1 aromatic heterocycles. The predicted octanol–water partition coefficient (Wildman–Crippen LogP) is 2.85. The van der Waals surface area contributed by atoms with Crippen LogP contribution in [0.2, 0.25) is 0 Å². The van der Waals surface area contributed by atoms with E-state index in [4.69, 9.17) is 5.73 Å². The summed E-state index contributed by atoms with van der Waals surface area (Å²) in [5, 5.41) is 4.39. The van der Waals surface area contributed by atoms with E-state index in [2.05, 4.69) is 35.4 Å². The zero-order valence-electron chi connectivity index (χ0n) is 9.79. The average molecular weight is 227 g/mol. The van der Waals surface area contributed by atoms with Crippen molar-refractivity contribution in [2.24, 2.45) is 5.92 Å². The molecule has 0 aliphatic heterocycles. The van der Waals surface area contributed by atoms with Crippen molar-refractivity contribution in [2.75, 3.05) is 5.73 Å². The molecule has 0 saturated heterocycles. The molecule has 1 aliphatic rings. The van der Waals surface area contributed by atoms with E-state index >= 15 is 0 Å². The van der Waals surface area contributed by atoms with Gasteiger partial charge in [0, 0.05) is 6.20 Å². The zero-order valence-corrected chi connectivity index (χ0v) is 9.79. The maximum atomic E-state index is 5.77. The summed E-state index contributed by atoms with van der Waals surface area (Å²) >= 11 is 0. The topological polar surface area (TPSA) is 43.8 Å². The van der Waals surface area contributed by atoms with Gasteiger partial charge >= 0.3 is 0 Å². The average Bonchev–Trinajstić information content (AvgIpc) is 2.71. The number of aromatic nitrogens is 2. The predicted molar refractivity (Wildman–Crippen MR) is 68.6 cm³/mol. The van der Waals surface area contributed by atoms with Crippen LogP contribution in [0.3, 0.4) is 0 Å². The van der Waals surface area contributed by atoms with Gasteiger partial charge in [-0.1, -0.05) is 36.8 Å². The Bertz CT molecular complexity index is 485. The molecule has 88 valence electrons. The minimum Gasteiger partial charge on any atom is -0.396 e. The van der Waals surface area contributed by atoms with Crippen molar-refractivity contribution in [3.63, 3.8) is 0 Å². The Balaban J connectivity index is 1.97. The number of nitrogens with two attached hydrogens (primary N) is 1. The van der Waals surface area contributed by atoms with Crippen LogP contribution in [0.1, 0.15) is 30.9 Å². The second-order valence-corrected chi connectivity index (χ2v) is 4.80. The van der Waals surface area contributed by atoms with Gasteiger partial charge in [-0.15, -0.1) is 0 Å². The lowest BCUT2D eigenvalue weighted by molar-refractivity contribution is 0.226. The van der Waals surface area contributed by atoms with Gasteiger partial charge in [0.2, 0.25) is 0 Å². The molecule has 17 heavy (non-hydrogen) atoms. The molecular weight excluding hydrogens is 210 g/mol. The fourth-order valence-corrected chi connectivity index (χ4v) is 2.55. The van der Waals surface area contributed by atoms with Gasteiger partial charge in [-0.2, -0.15) is 5.10 Å². The largest absolute Gasteiger partial charge is 0.396 e. The third-order valence-electron chi connectivity index (χ3n) is 3.64. The van der Waals surface area contributed by atoms with Gasteiger partial charge in [-0.05, 0) is 24.3 Å². The highest BCUT2D eigenvalue weighted by molar-refractivity contribution is 5.32. The Morgan fingerprint density at radius 2 is 2.00 bits per heavy atom. The van der Waals surface area contributed by atoms with Crippen LogP contribution in [0.15, 0.2) is 42.7 Å². The summed E-state index contributed by atoms with van der Waals surface area (Å²) in [6, 6.07) is 10.9. The van der Waals surface area contributed by atoms with Crippen LogP contribution >= 0.6 is 0 Å².